The molecule has 6 nitrogen and oxygen atoms in total. The van der Waals surface area contributed by atoms with Crippen LogP contribution >= 0.6 is 12.2 Å². The van der Waals surface area contributed by atoms with E-state index in [4.69, 9.17) is 21.7 Å². The van der Waals surface area contributed by atoms with Crippen molar-refractivity contribution < 1.29 is 19.1 Å². The molecule has 7 heteroatoms. The second kappa shape index (κ2) is 9.58. The van der Waals surface area contributed by atoms with Gasteiger partial charge in [0.05, 0.1) is 24.3 Å². The van der Waals surface area contributed by atoms with Crippen molar-refractivity contribution in [2.75, 3.05) is 25.1 Å². The van der Waals surface area contributed by atoms with Gasteiger partial charge < -0.3 is 20.1 Å². The summed E-state index contributed by atoms with van der Waals surface area (Å²) < 4.78 is 9.93. The monoisotopic (exact) mass is 336 g/mol. The standard InChI is InChI=1S/C16H20N2O4S/c1-4-7-17-16(23)18-13-9-11(14(19)21-5-2)8-12(10-13)15(20)22-6-3/h4,8-10H,1,5-7H2,2-3H3,(H2,17,18,23). The highest BCUT2D eigenvalue weighted by Crippen LogP contribution is 2.17. The lowest BCUT2D eigenvalue weighted by Gasteiger charge is -2.12. The number of esters is 2. The van der Waals surface area contributed by atoms with Crippen molar-refractivity contribution in [2.45, 2.75) is 13.8 Å². The number of nitrogens with one attached hydrogen (secondary N) is 2. The largest absolute Gasteiger partial charge is 0.462 e. The Morgan fingerprint density at radius 3 is 2.09 bits per heavy atom. The molecule has 0 spiro atoms. The zero-order chi connectivity index (χ0) is 17.2. The predicted octanol–water partition coefficient (Wildman–Crippen LogP) is 2.51. The van der Waals surface area contributed by atoms with Gasteiger partial charge in [-0.3, -0.25) is 0 Å². The van der Waals surface area contributed by atoms with E-state index >= 15 is 0 Å². The summed E-state index contributed by atoms with van der Waals surface area (Å²) in [6.45, 7) is 7.98. The van der Waals surface area contributed by atoms with Crippen LogP contribution in [-0.4, -0.2) is 36.8 Å². The summed E-state index contributed by atoms with van der Waals surface area (Å²) in [5.74, 6) is -1.04. The van der Waals surface area contributed by atoms with E-state index in [2.05, 4.69) is 17.2 Å². The summed E-state index contributed by atoms with van der Waals surface area (Å²) in [4.78, 5) is 23.8. The first-order valence-corrected chi connectivity index (χ1v) is 7.57. The Morgan fingerprint density at radius 2 is 1.65 bits per heavy atom. The molecule has 0 aliphatic rings. The fraction of sp³-hybridized carbons (Fsp3) is 0.312. The third kappa shape index (κ3) is 6.07. The summed E-state index contributed by atoms with van der Waals surface area (Å²) in [5, 5.41) is 6.15. The van der Waals surface area contributed by atoms with Crippen LogP contribution in [-0.2, 0) is 9.47 Å². The summed E-state index contributed by atoms with van der Waals surface area (Å²) >= 11 is 5.12. The number of carbonyl (C=O) groups is 2. The van der Waals surface area contributed by atoms with Crippen LogP contribution < -0.4 is 10.6 Å². The van der Waals surface area contributed by atoms with Crippen molar-refractivity contribution in [2.24, 2.45) is 0 Å². The molecule has 0 saturated carbocycles. The third-order valence-corrected chi connectivity index (χ3v) is 2.87. The number of anilines is 1. The van der Waals surface area contributed by atoms with Crippen molar-refractivity contribution in [1.82, 2.24) is 5.32 Å². The maximum absolute atomic E-state index is 11.9. The van der Waals surface area contributed by atoms with Crippen molar-refractivity contribution in [3.05, 3.63) is 42.0 Å². The summed E-state index contributed by atoms with van der Waals surface area (Å²) in [6, 6.07) is 4.55. The molecule has 1 aromatic rings. The quantitative estimate of drug-likeness (QED) is 0.450. The lowest BCUT2D eigenvalue weighted by molar-refractivity contribution is 0.0525. The molecule has 0 radical (unpaired) electrons. The summed E-state index contributed by atoms with van der Waals surface area (Å²) in [5.41, 5.74) is 0.970. The molecule has 0 atom stereocenters. The Bertz CT molecular complexity index is 565. The fourth-order valence-electron chi connectivity index (χ4n) is 1.70. The second-order valence-corrected chi connectivity index (χ2v) is 4.77. The van der Waals surface area contributed by atoms with Gasteiger partial charge in [-0.05, 0) is 44.3 Å². The Labute approximate surface area is 140 Å². The zero-order valence-corrected chi connectivity index (χ0v) is 14.0. The minimum atomic E-state index is -0.522. The van der Waals surface area contributed by atoms with Gasteiger partial charge in [-0.25, -0.2) is 9.59 Å². The second-order valence-electron chi connectivity index (χ2n) is 4.36. The molecule has 0 aliphatic carbocycles. The zero-order valence-electron chi connectivity index (χ0n) is 13.2. The first-order chi connectivity index (χ1) is 11.0. The number of rotatable bonds is 7. The number of thiocarbonyl (C=S) groups is 1. The third-order valence-electron chi connectivity index (χ3n) is 2.62. The number of benzene rings is 1. The van der Waals surface area contributed by atoms with E-state index in [1.807, 2.05) is 0 Å². The Hall–Kier alpha value is -2.41. The van der Waals surface area contributed by atoms with E-state index in [9.17, 15) is 9.59 Å². The van der Waals surface area contributed by atoms with Crippen molar-refractivity contribution in [3.63, 3.8) is 0 Å². The van der Waals surface area contributed by atoms with Gasteiger partial charge >= 0.3 is 11.9 Å². The maximum atomic E-state index is 11.9. The van der Waals surface area contributed by atoms with E-state index in [1.165, 1.54) is 6.07 Å². The first-order valence-electron chi connectivity index (χ1n) is 7.16. The Morgan fingerprint density at radius 1 is 1.13 bits per heavy atom. The molecule has 0 aromatic heterocycles. The van der Waals surface area contributed by atoms with Gasteiger partial charge in [0, 0.05) is 12.2 Å². The summed E-state index contributed by atoms with van der Waals surface area (Å²) in [6.07, 6.45) is 1.66. The first kappa shape index (κ1) is 18.6. The van der Waals surface area contributed by atoms with Gasteiger partial charge in [0.1, 0.15) is 0 Å². The van der Waals surface area contributed by atoms with E-state index in [0.717, 1.165) is 0 Å². The Balaban J connectivity index is 3.07. The normalized spacial score (nSPS) is 9.65. The SMILES string of the molecule is C=CCNC(=S)Nc1cc(C(=O)OCC)cc(C(=O)OCC)c1. The summed E-state index contributed by atoms with van der Waals surface area (Å²) in [7, 11) is 0. The molecular weight excluding hydrogens is 316 g/mol. The molecule has 0 fully saturated rings. The van der Waals surface area contributed by atoms with Crippen LogP contribution in [0.3, 0.4) is 0 Å². The van der Waals surface area contributed by atoms with E-state index in [0.29, 0.717) is 17.3 Å². The van der Waals surface area contributed by atoms with E-state index < -0.39 is 11.9 Å². The molecule has 0 aliphatic heterocycles. The number of hydrogen-bond donors (Lipinski definition) is 2. The van der Waals surface area contributed by atoms with Crippen LogP contribution in [0.1, 0.15) is 34.6 Å². The molecule has 0 heterocycles. The van der Waals surface area contributed by atoms with Crippen molar-refractivity contribution in [1.29, 1.82) is 0 Å². The van der Waals surface area contributed by atoms with Gasteiger partial charge in [0.25, 0.3) is 0 Å². The minimum Gasteiger partial charge on any atom is -0.462 e. The van der Waals surface area contributed by atoms with Crippen LogP contribution in [0, 0.1) is 0 Å². The lowest BCUT2D eigenvalue weighted by Crippen LogP contribution is -2.28. The fourth-order valence-corrected chi connectivity index (χ4v) is 1.91. The molecule has 0 bridgehead atoms. The van der Waals surface area contributed by atoms with E-state index in [-0.39, 0.29) is 24.3 Å². The highest BCUT2D eigenvalue weighted by atomic mass is 32.1. The smallest absolute Gasteiger partial charge is 0.338 e. The Kier molecular flexibility index (Phi) is 7.76. The predicted molar refractivity (Wildman–Crippen MR) is 92.8 cm³/mol. The highest BCUT2D eigenvalue weighted by Gasteiger charge is 2.15. The molecule has 1 rings (SSSR count). The molecule has 0 amide bonds. The topological polar surface area (TPSA) is 76.7 Å². The lowest BCUT2D eigenvalue weighted by atomic mass is 10.1. The molecule has 0 saturated heterocycles. The average molecular weight is 336 g/mol. The molecule has 124 valence electrons. The number of ether oxygens (including phenoxy) is 2. The van der Waals surface area contributed by atoms with Crippen LogP contribution in [0.2, 0.25) is 0 Å². The molecule has 2 N–H and O–H groups in total. The number of hydrogen-bond acceptors (Lipinski definition) is 5. The molecular formula is C16H20N2O4S. The van der Waals surface area contributed by atoms with Crippen LogP contribution in [0.15, 0.2) is 30.9 Å². The van der Waals surface area contributed by atoms with Crippen LogP contribution in [0.4, 0.5) is 5.69 Å². The van der Waals surface area contributed by atoms with Gasteiger partial charge in [-0.2, -0.15) is 0 Å². The van der Waals surface area contributed by atoms with Crippen molar-refractivity contribution in [3.8, 4) is 0 Å². The van der Waals surface area contributed by atoms with Crippen molar-refractivity contribution >= 4 is 35.0 Å². The van der Waals surface area contributed by atoms with Crippen LogP contribution in [0.25, 0.3) is 0 Å². The average Bonchev–Trinajstić information content (AvgIpc) is 2.53. The van der Waals surface area contributed by atoms with E-state index in [1.54, 1.807) is 32.1 Å². The van der Waals surface area contributed by atoms with Gasteiger partial charge in [0.2, 0.25) is 0 Å². The van der Waals surface area contributed by atoms with Gasteiger partial charge in [-0.15, -0.1) is 6.58 Å². The molecule has 23 heavy (non-hydrogen) atoms. The molecule has 1 aromatic carbocycles. The van der Waals surface area contributed by atoms with Gasteiger partial charge in [0.15, 0.2) is 5.11 Å². The number of carbonyl (C=O) groups excluding carboxylic acids is 2. The molecule has 0 unspecified atom stereocenters. The van der Waals surface area contributed by atoms with Gasteiger partial charge in [-0.1, -0.05) is 6.08 Å². The minimum absolute atomic E-state index is 0.241. The van der Waals surface area contributed by atoms with Crippen LogP contribution in [0.5, 0.6) is 0 Å². The maximum Gasteiger partial charge on any atom is 0.338 e. The highest BCUT2D eigenvalue weighted by molar-refractivity contribution is 7.80.